The Morgan fingerprint density at radius 3 is 2.27 bits per heavy atom. The summed E-state index contributed by atoms with van der Waals surface area (Å²) < 4.78 is 23.6. The number of nitrogens with zero attached hydrogens (tertiary/aromatic N) is 2. The quantitative estimate of drug-likeness (QED) is 0.151. The Hall–Kier alpha value is -3.12. The summed E-state index contributed by atoms with van der Waals surface area (Å²) in [5.74, 6) is 10.4. The summed E-state index contributed by atoms with van der Waals surface area (Å²) in [5, 5.41) is 13.3. The molecular weight excluding hydrogens is 404 g/mol. The van der Waals surface area contributed by atoms with Crippen molar-refractivity contribution in [2.24, 2.45) is 33.4 Å². The van der Waals surface area contributed by atoms with E-state index < -0.39 is 10.0 Å². The van der Waals surface area contributed by atoms with E-state index in [1.807, 2.05) is 38.2 Å². The smallest absolute Gasteiger partial charge is 0.238 e. The Labute approximate surface area is 177 Å². The first kappa shape index (κ1) is 24.9. The molecule has 0 aromatic heterocycles. The minimum Gasteiger partial charge on any atom is -0.403 e. The molecule has 164 valence electrons. The lowest BCUT2D eigenvalue weighted by Crippen LogP contribution is -2.24. The Bertz CT molecular complexity index is 973. The first-order chi connectivity index (χ1) is 14.2. The summed E-state index contributed by atoms with van der Waals surface area (Å²) in [7, 11) is -2.10. The largest absolute Gasteiger partial charge is 0.403 e. The van der Waals surface area contributed by atoms with E-state index in [0.717, 1.165) is 24.2 Å². The third-order valence-electron chi connectivity index (χ3n) is 4.02. The third-order valence-corrected chi connectivity index (χ3v) is 4.97. The van der Waals surface area contributed by atoms with Crippen LogP contribution in [-0.4, -0.2) is 32.9 Å². The molecule has 2 aromatic rings. The van der Waals surface area contributed by atoms with E-state index >= 15 is 0 Å². The van der Waals surface area contributed by atoms with E-state index in [2.05, 4.69) is 10.4 Å². The third kappa shape index (κ3) is 7.04. The second-order valence-corrected chi connectivity index (χ2v) is 7.67. The second-order valence-electron chi connectivity index (χ2n) is 6.14. The van der Waals surface area contributed by atoms with Gasteiger partial charge in [-0.2, -0.15) is 5.10 Å². The van der Waals surface area contributed by atoms with Crippen LogP contribution in [0.25, 0.3) is 11.1 Å². The average molecular weight is 435 g/mol. The lowest BCUT2D eigenvalue weighted by Gasteiger charge is -2.13. The van der Waals surface area contributed by atoms with E-state index in [4.69, 9.17) is 28.3 Å². The van der Waals surface area contributed by atoms with E-state index in [1.165, 1.54) is 17.3 Å². The molecule has 0 atom stereocenters. The zero-order valence-corrected chi connectivity index (χ0v) is 17.9. The molecule has 2 rings (SSSR count). The fraction of sp³-hybridized carbons (Fsp3) is 0.211. The molecular formula is C19H30N8O2S. The number of hydrazone groups is 1. The minimum atomic E-state index is -3.96. The van der Waals surface area contributed by atoms with Crippen molar-refractivity contribution in [3.8, 4) is 11.1 Å². The standard InChI is InChI=1S/C15H19N5O2S.C4H11N3/c1-19-9-10-5-7-11(8-6-10)12-3-2-4-13(23(18,21)22)14(12)15(16)20-17;1-2-7(6)4-3-5/h2-8,19H,9,17H2,1H3,(H2,16,20)(H2,18,21,22);3-4H,2,5-6H2,1H3/b;4-3-. The molecule has 11 N–H and O–H groups in total. The van der Waals surface area contributed by atoms with Crippen LogP contribution in [0.1, 0.15) is 18.1 Å². The van der Waals surface area contributed by atoms with Crippen molar-refractivity contribution in [3.63, 3.8) is 0 Å². The predicted molar refractivity (Wildman–Crippen MR) is 121 cm³/mol. The first-order valence-electron chi connectivity index (χ1n) is 9.02. The molecule has 0 aliphatic carbocycles. The van der Waals surface area contributed by atoms with Gasteiger partial charge in [-0.25, -0.2) is 19.4 Å². The summed E-state index contributed by atoms with van der Waals surface area (Å²) in [4.78, 5) is -0.110. The highest BCUT2D eigenvalue weighted by Gasteiger charge is 2.20. The number of nitrogens with two attached hydrogens (primary N) is 5. The average Bonchev–Trinajstić information content (AvgIpc) is 2.73. The number of hydrogen-bond acceptors (Lipinski definition) is 8. The van der Waals surface area contributed by atoms with Crippen molar-refractivity contribution < 1.29 is 8.42 Å². The minimum absolute atomic E-state index is 0.0936. The van der Waals surface area contributed by atoms with Crippen LogP contribution < -0.4 is 33.6 Å². The molecule has 10 nitrogen and oxygen atoms in total. The van der Waals surface area contributed by atoms with Gasteiger partial charge in [0, 0.05) is 31.1 Å². The highest BCUT2D eigenvalue weighted by Crippen LogP contribution is 2.28. The molecule has 0 fully saturated rings. The summed E-state index contributed by atoms with van der Waals surface area (Å²) in [6.07, 6.45) is 3.02. The number of nitrogens with one attached hydrogen (secondary N) is 1. The van der Waals surface area contributed by atoms with Crippen molar-refractivity contribution in [3.05, 3.63) is 66.0 Å². The molecule has 11 heteroatoms. The van der Waals surface area contributed by atoms with E-state index in [9.17, 15) is 8.42 Å². The lowest BCUT2D eigenvalue weighted by atomic mass is 9.98. The van der Waals surface area contributed by atoms with Gasteiger partial charge >= 0.3 is 0 Å². The number of hydrazine groups is 1. The summed E-state index contributed by atoms with van der Waals surface area (Å²) in [5.41, 5.74) is 13.5. The van der Waals surface area contributed by atoms with Crippen LogP contribution in [-0.2, 0) is 16.6 Å². The van der Waals surface area contributed by atoms with Crippen LogP contribution >= 0.6 is 0 Å². The Morgan fingerprint density at radius 1 is 1.20 bits per heavy atom. The van der Waals surface area contributed by atoms with Crippen molar-refractivity contribution in [1.82, 2.24) is 10.3 Å². The lowest BCUT2D eigenvalue weighted by molar-refractivity contribution is 0.416. The second kappa shape index (κ2) is 11.8. The first-order valence-corrected chi connectivity index (χ1v) is 10.6. The molecule has 0 amide bonds. The van der Waals surface area contributed by atoms with Crippen LogP contribution in [0.15, 0.2) is 64.9 Å². The van der Waals surface area contributed by atoms with Gasteiger partial charge in [0.15, 0.2) is 5.84 Å². The molecule has 0 saturated carbocycles. The van der Waals surface area contributed by atoms with E-state index in [-0.39, 0.29) is 16.3 Å². The summed E-state index contributed by atoms with van der Waals surface area (Å²) in [6.45, 7) is 3.46. The van der Waals surface area contributed by atoms with Crippen LogP contribution in [0.2, 0.25) is 0 Å². The fourth-order valence-electron chi connectivity index (χ4n) is 2.56. The Morgan fingerprint density at radius 2 is 1.83 bits per heavy atom. The zero-order chi connectivity index (χ0) is 22.7. The van der Waals surface area contributed by atoms with Crippen molar-refractivity contribution >= 4 is 15.9 Å². The number of sulfonamides is 1. The summed E-state index contributed by atoms with van der Waals surface area (Å²) >= 11 is 0. The number of benzene rings is 2. The van der Waals surface area contributed by atoms with E-state index in [1.54, 1.807) is 18.3 Å². The maximum absolute atomic E-state index is 11.8. The van der Waals surface area contributed by atoms with Crippen LogP contribution in [0.5, 0.6) is 0 Å². The van der Waals surface area contributed by atoms with Crippen LogP contribution in [0.3, 0.4) is 0 Å². The summed E-state index contributed by atoms with van der Waals surface area (Å²) in [6, 6.07) is 12.4. The molecule has 0 radical (unpaired) electrons. The monoisotopic (exact) mass is 434 g/mol. The molecule has 30 heavy (non-hydrogen) atoms. The number of hydrogen-bond donors (Lipinski definition) is 6. The Balaban J connectivity index is 0.000000553. The molecule has 0 aliphatic heterocycles. The fourth-order valence-corrected chi connectivity index (χ4v) is 3.33. The van der Waals surface area contributed by atoms with Crippen molar-refractivity contribution in [2.75, 3.05) is 13.6 Å². The maximum Gasteiger partial charge on any atom is 0.238 e. The SMILES string of the molecule is CCN(N)/C=C\N.CNCc1ccc(-c2cccc(S(N)(=O)=O)c2/C(N)=N/N)cc1. The number of rotatable bonds is 7. The molecule has 0 heterocycles. The van der Waals surface area contributed by atoms with Gasteiger partial charge < -0.3 is 27.6 Å². The van der Waals surface area contributed by atoms with Crippen LogP contribution in [0.4, 0.5) is 0 Å². The molecule has 0 aliphatic rings. The van der Waals surface area contributed by atoms with Crippen molar-refractivity contribution in [1.29, 1.82) is 0 Å². The maximum atomic E-state index is 11.8. The topological polar surface area (TPSA) is 192 Å². The zero-order valence-electron chi connectivity index (χ0n) is 17.1. The van der Waals surface area contributed by atoms with Gasteiger partial charge in [0.05, 0.1) is 4.90 Å². The van der Waals surface area contributed by atoms with Gasteiger partial charge in [-0.05, 0) is 36.7 Å². The van der Waals surface area contributed by atoms with Gasteiger partial charge in [-0.15, -0.1) is 0 Å². The molecule has 2 aromatic carbocycles. The van der Waals surface area contributed by atoms with E-state index in [0.29, 0.717) is 5.56 Å². The number of primary sulfonamides is 1. The molecule has 0 spiro atoms. The van der Waals surface area contributed by atoms with Gasteiger partial charge in [-0.1, -0.05) is 36.4 Å². The van der Waals surface area contributed by atoms with Gasteiger partial charge in [0.2, 0.25) is 10.0 Å². The van der Waals surface area contributed by atoms with Gasteiger partial charge in [0.25, 0.3) is 0 Å². The normalized spacial score (nSPS) is 11.8. The molecule has 0 saturated heterocycles. The number of amidine groups is 1. The molecule has 0 unspecified atom stereocenters. The van der Waals surface area contributed by atoms with Crippen molar-refractivity contribution in [2.45, 2.75) is 18.4 Å². The highest BCUT2D eigenvalue weighted by atomic mass is 32.2. The highest BCUT2D eigenvalue weighted by molar-refractivity contribution is 7.89. The molecule has 0 bridgehead atoms. The van der Waals surface area contributed by atoms with Gasteiger partial charge in [-0.3, -0.25) is 0 Å². The van der Waals surface area contributed by atoms with Crippen LogP contribution in [0, 0.1) is 0 Å². The predicted octanol–water partition coefficient (Wildman–Crippen LogP) is -0.0887. The van der Waals surface area contributed by atoms with Gasteiger partial charge in [0.1, 0.15) is 0 Å². The Kier molecular flexibility index (Phi) is 9.78.